The topological polar surface area (TPSA) is 96.7 Å². The number of benzene rings is 2. The first-order chi connectivity index (χ1) is 17.8. The molecule has 2 amide bonds. The number of nitrogens with two attached hydrogens (primary N) is 1. The van der Waals surface area contributed by atoms with E-state index in [2.05, 4.69) is 15.5 Å². The van der Waals surface area contributed by atoms with E-state index < -0.39 is 0 Å². The molecule has 7 heteroatoms. The summed E-state index contributed by atoms with van der Waals surface area (Å²) in [5.74, 6) is -0.131. The first kappa shape index (κ1) is 26.6. The number of nitrogens with one attached hydrogen (secondary N) is 2. The number of carbonyl (C=O) groups is 2. The number of rotatable bonds is 8. The third-order valence-corrected chi connectivity index (χ3v) is 7.49. The largest absolute Gasteiger partial charge is 0.491 e. The van der Waals surface area contributed by atoms with E-state index in [1.54, 1.807) is 6.07 Å². The minimum absolute atomic E-state index is 0.0851. The molecule has 1 aliphatic heterocycles. The molecule has 2 fully saturated rings. The van der Waals surface area contributed by atoms with Crippen molar-refractivity contribution in [1.82, 2.24) is 5.32 Å². The van der Waals surface area contributed by atoms with Gasteiger partial charge in [0.15, 0.2) is 5.76 Å². The Kier molecular flexibility index (Phi) is 8.74. The average molecular weight is 505 g/mol. The van der Waals surface area contributed by atoms with Crippen molar-refractivity contribution in [2.24, 2.45) is 0 Å². The van der Waals surface area contributed by atoms with E-state index in [0.29, 0.717) is 22.7 Å². The fourth-order valence-electron chi connectivity index (χ4n) is 5.39. The molecule has 1 atom stereocenters. The highest BCUT2D eigenvalue weighted by atomic mass is 16.5. The molecule has 2 aromatic rings. The molecule has 0 aromatic heterocycles. The lowest BCUT2D eigenvalue weighted by Gasteiger charge is -2.23. The summed E-state index contributed by atoms with van der Waals surface area (Å²) in [5.41, 5.74) is 11.0. The van der Waals surface area contributed by atoms with Crippen LogP contribution in [0.1, 0.15) is 79.3 Å². The molecule has 0 bridgehead atoms. The number of carbonyl (C=O) groups excluding carboxylic acids is 2. The number of allylic oxidation sites excluding steroid dienone is 1. The highest BCUT2D eigenvalue weighted by Gasteiger charge is 2.20. The normalized spacial score (nSPS) is 17.4. The van der Waals surface area contributed by atoms with Crippen LogP contribution in [-0.4, -0.2) is 38.1 Å². The maximum absolute atomic E-state index is 13.1. The predicted molar refractivity (Wildman–Crippen MR) is 150 cm³/mol. The number of hydrogen-bond donors (Lipinski definition) is 3. The Morgan fingerprint density at radius 2 is 1.78 bits per heavy atom. The molecular formula is C30H40N4O3. The summed E-state index contributed by atoms with van der Waals surface area (Å²) >= 11 is 0. The van der Waals surface area contributed by atoms with Crippen LogP contribution >= 0.6 is 0 Å². The van der Waals surface area contributed by atoms with Crippen LogP contribution in [0.2, 0.25) is 0 Å². The van der Waals surface area contributed by atoms with Crippen LogP contribution in [0.25, 0.3) is 0 Å². The number of methoxy groups -OCH3 is 1. The summed E-state index contributed by atoms with van der Waals surface area (Å²) < 4.78 is 5.47. The van der Waals surface area contributed by atoms with Crippen molar-refractivity contribution in [3.05, 3.63) is 64.9 Å². The van der Waals surface area contributed by atoms with Crippen LogP contribution in [-0.2, 0) is 9.53 Å². The van der Waals surface area contributed by atoms with Gasteiger partial charge in [0, 0.05) is 47.7 Å². The van der Waals surface area contributed by atoms with Gasteiger partial charge in [0.2, 0.25) is 0 Å². The molecule has 37 heavy (non-hydrogen) atoms. The maximum atomic E-state index is 13.1. The van der Waals surface area contributed by atoms with E-state index in [-0.39, 0.29) is 23.8 Å². The van der Waals surface area contributed by atoms with Gasteiger partial charge in [-0.05, 0) is 80.1 Å². The Bertz CT molecular complexity index is 1150. The van der Waals surface area contributed by atoms with E-state index in [0.717, 1.165) is 68.4 Å². The van der Waals surface area contributed by atoms with Gasteiger partial charge in [-0.25, -0.2) is 0 Å². The number of aryl methyl sites for hydroxylation is 1. The molecule has 1 saturated heterocycles. The van der Waals surface area contributed by atoms with Crippen LogP contribution < -0.4 is 21.3 Å². The van der Waals surface area contributed by atoms with Crippen LogP contribution in [0, 0.1) is 6.92 Å². The van der Waals surface area contributed by atoms with Crippen molar-refractivity contribution < 1.29 is 14.3 Å². The smallest absolute Gasteiger partial charge is 0.286 e. The van der Waals surface area contributed by atoms with Gasteiger partial charge in [-0.2, -0.15) is 0 Å². The number of ether oxygens (including phenoxy) is 1. The second kappa shape index (κ2) is 12.2. The summed E-state index contributed by atoms with van der Waals surface area (Å²) in [6, 6.07) is 11.6. The van der Waals surface area contributed by atoms with Crippen molar-refractivity contribution in [2.45, 2.75) is 70.8 Å². The van der Waals surface area contributed by atoms with Gasteiger partial charge in [-0.3, -0.25) is 9.59 Å². The fraction of sp³-hybridized carbons (Fsp3) is 0.467. The van der Waals surface area contributed by atoms with E-state index >= 15 is 0 Å². The summed E-state index contributed by atoms with van der Waals surface area (Å²) in [6.07, 6.45) is 9.74. The molecule has 1 heterocycles. The molecule has 0 radical (unpaired) electrons. The van der Waals surface area contributed by atoms with Crippen LogP contribution in [0.4, 0.5) is 17.1 Å². The number of anilines is 3. The Labute approximate surface area is 220 Å². The van der Waals surface area contributed by atoms with Crippen LogP contribution in [0.5, 0.6) is 0 Å². The SMILES string of the molecule is CO/C(=C\C(C)c1cc(NC(=O)c2cc(N)cc(N3CCCC3)c2)ccc1C)C(=O)NC1CCCCC1. The summed E-state index contributed by atoms with van der Waals surface area (Å²) in [6.45, 7) is 6.03. The van der Waals surface area contributed by atoms with Crippen molar-refractivity contribution in [1.29, 1.82) is 0 Å². The highest BCUT2D eigenvalue weighted by Crippen LogP contribution is 2.28. The van der Waals surface area contributed by atoms with Crippen LogP contribution in [0.15, 0.2) is 48.2 Å². The monoisotopic (exact) mass is 504 g/mol. The summed E-state index contributed by atoms with van der Waals surface area (Å²) in [4.78, 5) is 28.2. The third kappa shape index (κ3) is 6.85. The predicted octanol–water partition coefficient (Wildman–Crippen LogP) is 5.51. The van der Waals surface area contributed by atoms with Gasteiger partial charge in [-0.15, -0.1) is 0 Å². The van der Waals surface area contributed by atoms with Gasteiger partial charge in [0.25, 0.3) is 11.8 Å². The summed E-state index contributed by atoms with van der Waals surface area (Å²) in [7, 11) is 1.53. The van der Waals surface area contributed by atoms with Crippen LogP contribution in [0.3, 0.4) is 0 Å². The zero-order valence-corrected chi connectivity index (χ0v) is 22.3. The molecular weight excluding hydrogens is 464 g/mol. The van der Waals surface area contributed by atoms with E-state index in [4.69, 9.17) is 10.5 Å². The van der Waals surface area contributed by atoms with Crippen molar-refractivity contribution in [3.8, 4) is 0 Å². The zero-order valence-electron chi connectivity index (χ0n) is 22.3. The average Bonchev–Trinajstić information content (AvgIpc) is 3.43. The zero-order chi connectivity index (χ0) is 26.4. The number of amides is 2. The third-order valence-electron chi connectivity index (χ3n) is 7.49. The van der Waals surface area contributed by atoms with Gasteiger partial charge in [0.05, 0.1) is 7.11 Å². The van der Waals surface area contributed by atoms with Gasteiger partial charge < -0.3 is 26.0 Å². The Morgan fingerprint density at radius 1 is 1.05 bits per heavy atom. The number of hydrogen-bond acceptors (Lipinski definition) is 5. The number of nitrogen functional groups attached to an aromatic ring is 1. The molecule has 1 saturated carbocycles. The highest BCUT2D eigenvalue weighted by molar-refractivity contribution is 6.05. The molecule has 1 aliphatic carbocycles. The quantitative estimate of drug-likeness (QED) is 0.250. The van der Waals surface area contributed by atoms with Crippen molar-refractivity contribution in [2.75, 3.05) is 36.1 Å². The lowest BCUT2D eigenvalue weighted by atomic mass is 9.94. The number of nitrogens with zero attached hydrogens (tertiary/aromatic N) is 1. The first-order valence-corrected chi connectivity index (χ1v) is 13.5. The van der Waals surface area contributed by atoms with Gasteiger partial charge in [-0.1, -0.05) is 32.3 Å². The first-order valence-electron chi connectivity index (χ1n) is 13.5. The molecule has 198 valence electrons. The molecule has 1 unspecified atom stereocenters. The standard InChI is InChI=1S/C30H40N4O3/c1-20-11-12-25(33-29(35)22-16-23(31)18-26(17-22)34-13-7-8-14-34)19-27(20)21(2)15-28(37-3)30(36)32-24-9-5-4-6-10-24/h11-12,15-19,21,24H,4-10,13-14,31H2,1-3H3,(H,32,36)(H,33,35)/b28-15-. The molecule has 2 aromatic carbocycles. The maximum Gasteiger partial charge on any atom is 0.286 e. The second-order valence-corrected chi connectivity index (χ2v) is 10.4. The molecule has 4 rings (SSSR count). The molecule has 2 aliphatic rings. The fourth-order valence-corrected chi connectivity index (χ4v) is 5.39. The van der Waals surface area contributed by atoms with E-state index in [9.17, 15) is 9.59 Å². The Morgan fingerprint density at radius 3 is 2.49 bits per heavy atom. The minimum Gasteiger partial charge on any atom is -0.491 e. The lowest BCUT2D eigenvalue weighted by Crippen LogP contribution is -2.37. The van der Waals surface area contributed by atoms with Crippen molar-refractivity contribution in [3.63, 3.8) is 0 Å². The Balaban J connectivity index is 1.48. The Hall–Kier alpha value is -3.48. The molecule has 0 spiro atoms. The van der Waals surface area contributed by atoms with E-state index in [1.165, 1.54) is 13.5 Å². The molecule has 4 N–H and O–H groups in total. The van der Waals surface area contributed by atoms with Gasteiger partial charge >= 0.3 is 0 Å². The minimum atomic E-state index is -0.199. The summed E-state index contributed by atoms with van der Waals surface area (Å²) in [5, 5.41) is 6.15. The van der Waals surface area contributed by atoms with Gasteiger partial charge in [0.1, 0.15) is 0 Å². The second-order valence-electron chi connectivity index (χ2n) is 10.4. The molecule has 7 nitrogen and oxygen atoms in total. The van der Waals surface area contributed by atoms with Crippen molar-refractivity contribution >= 4 is 28.9 Å². The van der Waals surface area contributed by atoms with E-state index in [1.807, 2.05) is 50.3 Å². The lowest BCUT2D eigenvalue weighted by molar-refractivity contribution is -0.121.